The molecule has 0 spiro atoms. The van der Waals surface area contributed by atoms with Crippen LogP contribution >= 0.6 is 0 Å². The topological polar surface area (TPSA) is 72.5 Å². The molecule has 0 aliphatic rings. The van der Waals surface area contributed by atoms with Gasteiger partial charge >= 0.3 is 0 Å². The first-order chi connectivity index (χ1) is 14.2. The molecule has 0 fully saturated rings. The van der Waals surface area contributed by atoms with Crippen molar-refractivity contribution in [2.45, 2.75) is 13.5 Å². The lowest BCUT2D eigenvalue weighted by atomic mass is 10.1. The monoisotopic (exact) mass is 391 g/mol. The number of benzene rings is 2. The van der Waals surface area contributed by atoms with E-state index in [1.165, 1.54) is 11.1 Å². The van der Waals surface area contributed by atoms with Gasteiger partial charge in [-0.05, 0) is 54.4 Å². The minimum atomic E-state index is -0.228. The van der Waals surface area contributed by atoms with Crippen LogP contribution in [0, 0.1) is 6.92 Å². The molecule has 1 aromatic heterocycles. The van der Waals surface area contributed by atoms with Crippen LogP contribution in [0.1, 0.15) is 21.6 Å². The molecule has 29 heavy (non-hydrogen) atoms. The quantitative estimate of drug-likeness (QED) is 0.543. The molecule has 3 aromatic rings. The van der Waals surface area contributed by atoms with Gasteiger partial charge in [0.1, 0.15) is 23.8 Å². The van der Waals surface area contributed by atoms with E-state index in [4.69, 9.17) is 9.47 Å². The third kappa shape index (κ3) is 5.97. The molecule has 1 heterocycles. The Morgan fingerprint density at radius 1 is 1.00 bits per heavy atom. The number of ether oxygens (including phenoxy) is 2. The number of carbonyl (C=O) groups excluding carboxylic acids is 1. The lowest BCUT2D eigenvalue weighted by molar-refractivity contribution is 0.0942. The summed E-state index contributed by atoms with van der Waals surface area (Å²) in [6.07, 6.45) is 1.67. The van der Waals surface area contributed by atoms with Crippen molar-refractivity contribution in [3.05, 3.63) is 83.7 Å². The summed E-state index contributed by atoms with van der Waals surface area (Å²) in [6, 6.07) is 19.1. The minimum absolute atomic E-state index is 0.228. The summed E-state index contributed by atoms with van der Waals surface area (Å²) in [6.45, 7) is 3.55. The molecule has 6 nitrogen and oxygen atoms in total. The second kappa shape index (κ2) is 10.1. The van der Waals surface area contributed by atoms with Crippen molar-refractivity contribution < 1.29 is 14.3 Å². The molecule has 6 heteroatoms. The normalized spacial score (nSPS) is 10.3. The lowest BCUT2D eigenvalue weighted by Gasteiger charge is -2.10. The van der Waals surface area contributed by atoms with Crippen LogP contribution in [0.5, 0.6) is 11.5 Å². The second-order valence-electron chi connectivity index (χ2n) is 6.49. The third-order valence-corrected chi connectivity index (χ3v) is 4.46. The van der Waals surface area contributed by atoms with Crippen molar-refractivity contribution in [3.63, 3.8) is 0 Å². The standard InChI is InChI=1S/C23H25N3O3/c1-17-5-3-4-6-18(17)15-25-19-7-12-22(26-16-19)23(27)24-13-14-29-21-10-8-20(28-2)9-11-21/h3-12,16,25H,13-15H2,1-2H3,(H,24,27). The number of anilines is 1. The second-order valence-corrected chi connectivity index (χ2v) is 6.49. The Kier molecular flexibility index (Phi) is 7.05. The van der Waals surface area contributed by atoms with Gasteiger partial charge in [-0.25, -0.2) is 4.98 Å². The maximum atomic E-state index is 12.2. The highest BCUT2D eigenvalue weighted by atomic mass is 16.5. The minimum Gasteiger partial charge on any atom is -0.497 e. The van der Waals surface area contributed by atoms with Crippen molar-refractivity contribution in [3.8, 4) is 11.5 Å². The summed E-state index contributed by atoms with van der Waals surface area (Å²) in [4.78, 5) is 16.4. The number of methoxy groups -OCH3 is 1. The van der Waals surface area contributed by atoms with Gasteiger partial charge in [-0.3, -0.25) is 4.79 Å². The summed E-state index contributed by atoms with van der Waals surface area (Å²) in [5, 5.41) is 6.13. The van der Waals surface area contributed by atoms with Crippen LogP contribution in [0.3, 0.4) is 0 Å². The SMILES string of the molecule is COc1ccc(OCCNC(=O)c2ccc(NCc3ccccc3C)cn2)cc1. The van der Waals surface area contributed by atoms with E-state index in [1.807, 2.05) is 42.5 Å². The number of rotatable bonds is 9. The average Bonchev–Trinajstić information content (AvgIpc) is 2.77. The van der Waals surface area contributed by atoms with E-state index in [0.29, 0.717) is 25.4 Å². The van der Waals surface area contributed by atoms with Crippen LogP contribution in [0.4, 0.5) is 5.69 Å². The molecular weight excluding hydrogens is 366 g/mol. The molecule has 150 valence electrons. The summed E-state index contributed by atoms with van der Waals surface area (Å²) in [5.74, 6) is 1.27. The fourth-order valence-corrected chi connectivity index (χ4v) is 2.73. The molecule has 2 aromatic carbocycles. The van der Waals surface area contributed by atoms with E-state index in [0.717, 1.165) is 17.2 Å². The van der Waals surface area contributed by atoms with Crippen molar-refractivity contribution in [2.24, 2.45) is 0 Å². The smallest absolute Gasteiger partial charge is 0.269 e. The van der Waals surface area contributed by atoms with Gasteiger partial charge in [0.25, 0.3) is 5.91 Å². The van der Waals surface area contributed by atoms with E-state index in [1.54, 1.807) is 19.4 Å². The Hall–Kier alpha value is -3.54. The molecule has 0 saturated carbocycles. The fraction of sp³-hybridized carbons (Fsp3) is 0.217. The molecule has 0 saturated heterocycles. The Labute approximate surface area is 170 Å². The summed E-state index contributed by atoms with van der Waals surface area (Å²) in [7, 11) is 1.62. The number of aromatic nitrogens is 1. The Morgan fingerprint density at radius 3 is 2.45 bits per heavy atom. The summed E-state index contributed by atoms with van der Waals surface area (Å²) in [5.41, 5.74) is 3.70. The fourth-order valence-electron chi connectivity index (χ4n) is 2.73. The Balaban J connectivity index is 1.42. The zero-order valence-electron chi connectivity index (χ0n) is 16.6. The predicted molar refractivity (Wildman–Crippen MR) is 114 cm³/mol. The molecule has 3 rings (SSSR count). The number of hydrogen-bond acceptors (Lipinski definition) is 5. The molecule has 0 radical (unpaired) electrons. The van der Waals surface area contributed by atoms with Crippen molar-refractivity contribution in [2.75, 3.05) is 25.6 Å². The summed E-state index contributed by atoms with van der Waals surface area (Å²) >= 11 is 0. The van der Waals surface area contributed by atoms with Gasteiger partial charge in [0.2, 0.25) is 0 Å². The van der Waals surface area contributed by atoms with Crippen molar-refractivity contribution >= 4 is 11.6 Å². The van der Waals surface area contributed by atoms with Gasteiger partial charge in [0.15, 0.2) is 0 Å². The maximum absolute atomic E-state index is 12.2. The van der Waals surface area contributed by atoms with E-state index >= 15 is 0 Å². The van der Waals surface area contributed by atoms with Crippen LogP contribution in [0.25, 0.3) is 0 Å². The van der Waals surface area contributed by atoms with Crippen LogP contribution < -0.4 is 20.1 Å². The zero-order valence-corrected chi connectivity index (χ0v) is 16.6. The Morgan fingerprint density at radius 2 is 1.76 bits per heavy atom. The molecule has 1 amide bonds. The number of aryl methyl sites for hydroxylation is 1. The molecule has 0 unspecified atom stereocenters. The molecular formula is C23H25N3O3. The molecule has 0 bridgehead atoms. The van der Waals surface area contributed by atoms with E-state index < -0.39 is 0 Å². The van der Waals surface area contributed by atoms with Gasteiger partial charge in [-0.1, -0.05) is 24.3 Å². The number of hydrogen-bond donors (Lipinski definition) is 2. The van der Waals surface area contributed by atoms with Gasteiger partial charge in [-0.2, -0.15) is 0 Å². The highest BCUT2D eigenvalue weighted by Gasteiger charge is 2.07. The first-order valence-corrected chi connectivity index (χ1v) is 9.45. The lowest BCUT2D eigenvalue weighted by Crippen LogP contribution is -2.28. The van der Waals surface area contributed by atoms with Crippen LogP contribution in [-0.4, -0.2) is 31.2 Å². The number of carbonyl (C=O) groups is 1. The van der Waals surface area contributed by atoms with E-state index in [9.17, 15) is 4.79 Å². The van der Waals surface area contributed by atoms with Gasteiger partial charge in [-0.15, -0.1) is 0 Å². The largest absolute Gasteiger partial charge is 0.497 e. The predicted octanol–water partition coefficient (Wildman–Crippen LogP) is 3.82. The van der Waals surface area contributed by atoms with Crippen molar-refractivity contribution in [1.82, 2.24) is 10.3 Å². The molecule has 0 aliphatic carbocycles. The van der Waals surface area contributed by atoms with Crippen LogP contribution in [0.2, 0.25) is 0 Å². The first kappa shape index (κ1) is 20.2. The Bertz CT molecular complexity index is 925. The van der Waals surface area contributed by atoms with Gasteiger partial charge in [0.05, 0.1) is 25.5 Å². The number of nitrogens with zero attached hydrogens (tertiary/aromatic N) is 1. The molecule has 0 atom stereocenters. The van der Waals surface area contributed by atoms with E-state index in [2.05, 4.69) is 34.7 Å². The zero-order chi connectivity index (χ0) is 20.5. The third-order valence-electron chi connectivity index (χ3n) is 4.46. The van der Waals surface area contributed by atoms with Gasteiger partial charge < -0.3 is 20.1 Å². The summed E-state index contributed by atoms with van der Waals surface area (Å²) < 4.78 is 10.7. The number of nitrogens with one attached hydrogen (secondary N) is 2. The average molecular weight is 391 g/mol. The highest BCUT2D eigenvalue weighted by Crippen LogP contribution is 2.16. The molecule has 0 aliphatic heterocycles. The maximum Gasteiger partial charge on any atom is 0.269 e. The molecule has 2 N–H and O–H groups in total. The highest BCUT2D eigenvalue weighted by molar-refractivity contribution is 5.92. The first-order valence-electron chi connectivity index (χ1n) is 9.45. The van der Waals surface area contributed by atoms with E-state index in [-0.39, 0.29) is 5.91 Å². The van der Waals surface area contributed by atoms with Crippen LogP contribution in [-0.2, 0) is 6.54 Å². The van der Waals surface area contributed by atoms with Crippen LogP contribution in [0.15, 0.2) is 66.9 Å². The van der Waals surface area contributed by atoms with Crippen molar-refractivity contribution in [1.29, 1.82) is 0 Å². The number of pyridine rings is 1. The number of amides is 1. The van der Waals surface area contributed by atoms with Gasteiger partial charge in [0, 0.05) is 6.54 Å².